The monoisotopic (exact) mass is 490 g/mol. The van der Waals surface area contributed by atoms with Gasteiger partial charge in [0.15, 0.2) is 0 Å². The molecule has 12 nitrogen and oxygen atoms in total. The number of aromatic hydroxyl groups is 1. The number of likely N-dealkylation sites (tertiary alicyclic amines) is 1. The van der Waals surface area contributed by atoms with Crippen LogP contribution in [0, 0.1) is 0 Å². The first-order chi connectivity index (χ1) is 16.7. The molecule has 2 heterocycles. The van der Waals surface area contributed by atoms with Crippen molar-refractivity contribution < 1.29 is 39.3 Å². The Balaban J connectivity index is 1.68. The molecule has 2 aliphatic heterocycles. The van der Waals surface area contributed by atoms with E-state index in [2.05, 4.69) is 16.0 Å². The highest BCUT2D eigenvalue weighted by molar-refractivity contribution is 5.96. The van der Waals surface area contributed by atoms with Gasteiger partial charge in [0.25, 0.3) is 0 Å². The van der Waals surface area contributed by atoms with Gasteiger partial charge in [-0.25, -0.2) is 4.79 Å². The Morgan fingerprint density at radius 2 is 1.66 bits per heavy atom. The number of phenols is 1. The normalized spacial score (nSPS) is 21.2. The molecule has 1 aromatic rings. The molecule has 35 heavy (non-hydrogen) atoms. The second kappa shape index (κ2) is 11.6. The molecule has 4 atom stereocenters. The smallest absolute Gasteiger partial charge is 0.326 e. The lowest BCUT2D eigenvalue weighted by Crippen LogP contribution is -2.57. The summed E-state index contributed by atoms with van der Waals surface area (Å²) in [6, 6.07) is 1.80. The average molecular weight is 491 g/mol. The van der Waals surface area contributed by atoms with Crippen LogP contribution >= 0.6 is 0 Å². The molecular formula is C23H30N4O8. The Morgan fingerprint density at radius 3 is 2.26 bits per heavy atom. The number of rotatable bonds is 10. The summed E-state index contributed by atoms with van der Waals surface area (Å²) in [6.45, 7) is 0.833. The molecule has 3 rings (SSSR count). The number of carbonyl (C=O) groups is 5. The minimum Gasteiger partial charge on any atom is -0.508 e. The van der Waals surface area contributed by atoms with Crippen molar-refractivity contribution in [3.05, 3.63) is 29.8 Å². The van der Waals surface area contributed by atoms with Crippen molar-refractivity contribution in [2.45, 2.75) is 62.7 Å². The minimum atomic E-state index is -1.34. The number of benzene rings is 1. The largest absolute Gasteiger partial charge is 0.508 e. The van der Waals surface area contributed by atoms with Gasteiger partial charge in [0, 0.05) is 13.0 Å². The summed E-state index contributed by atoms with van der Waals surface area (Å²) in [4.78, 5) is 63.0. The van der Waals surface area contributed by atoms with Gasteiger partial charge in [-0.05, 0) is 49.9 Å². The van der Waals surface area contributed by atoms with Crippen LogP contribution in [0.4, 0.5) is 0 Å². The van der Waals surface area contributed by atoms with Gasteiger partial charge in [-0.15, -0.1) is 0 Å². The molecule has 2 saturated heterocycles. The third-order valence-corrected chi connectivity index (χ3v) is 6.20. The van der Waals surface area contributed by atoms with Gasteiger partial charge in [-0.3, -0.25) is 19.2 Å². The summed E-state index contributed by atoms with van der Waals surface area (Å²) >= 11 is 0. The molecular weight excluding hydrogens is 460 g/mol. The zero-order valence-electron chi connectivity index (χ0n) is 19.1. The summed E-state index contributed by atoms with van der Waals surface area (Å²) in [5, 5.41) is 36.2. The number of aliphatic carboxylic acids is 2. The summed E-state index contributed by atoms with van der Waals surface area (Å²) in [6.07, 6.45) is 1.44. The van der Waals surface area contributed by atoms with Crippen LogP contribution in [0.25, 0.3) is 0 Å². The third-order valence-electron chi connectivity index (χ3n) is 6.20. The molecule has 6 N–H and O–H groups in total. The van der Waals surface area contributed by atoms with E-state index in [0.29, 0.717) is 24.9 Å². The number of hydrogen-bond acceptors (Lipinski definition) is 7. The highest BCUT2D eigenvalue weighted by atomic mass is 16.4. The lowest BCUT2D eigenvalue weighted by atomic mass is 10.0. The predicted octanol–water partition coefficient (Wildman–Crippen LogP) is -0.793. The lowest BCUT2D eigenvalue weighted by Gasteiger charge is -2.29. The van der Waals surface area contributed by atoms with Crippen molar-refractivity contribution in [1.29, 1.82) is 0 Å². The first-order valence-corrected chi connectivity index (χ1v) is 11.5. The summed E-state index contributed by atoms with van der Waals surface area (Å²) < 4.78 is 0. The van der Waals surface area contributed by atoms with Crippen LogP contribution in [0.2, 0.25) is 0 Å². The van der Waals surface area contributed by atoms with Crippen molar-refractivity contribution in [2.24, 2.45) is 0 Å². The average Bonchev–Trinajstić information content (AvgIpc) is 3.51. The van der Waals surface area contributed by atoms with Crippen LogP contribution in [0.15, 0.2) is 24.3 Å². The molecule has 0 aliphatic carbocycles. The fourth-order valence-corrected chi connectivity index (χ4v) is 4.39. The molecule has 190 valence electrons. The molecule has 0 bridgehead atoms. The Bertz CT molecular complexity index is 961. The molecule has 0 spiro atoms. The van der Waals surface area contributed by atoms with E-state index in [1.807, 2.05) is 0 Å². The number of nitrogens with zero attached hydrogens (tertiary/aromatic N) is 1. The molecule has 3 amide bonds. The number of carbonyl (C=O) groups excluding carboxylic acids is 3. The Morgan fingerprint density at radius 1 is 0.971 bits per heavy atom. The second-order valence-corrected chi connectivity index (χ2v) is 8.77. The van der Waals surface area contributed by atoms with Crippen LogP contribution in [0.5, 0.6) is 5.75 Å². The second-order valence-electron chi connectivity index (χ2n) is 8.77. The Labute approximate surface area is 201 Å². The molecule has 4 unspecified atom stereocenters. The summed E-state index contributed by atoms with van der Waals surface area (Å²) in [5.41, 5.74) is 0.583. The van der Waals surface area contributed by atoms with Crippen LogP contribution in [0.1, 0.15) is 37.7 Å². The predicted molar refractivity (Wildman–Crippen MR) is 121 cm³/mol. The van der Waals surface area contributed by atoms with Crippen molar-refractivity contribution in [3.8, 4) is 5.75 Å². The maximum atomic E-state index is 13.2. The van der Waals surface area contributed by atoms with E-state index in [4.69, 9.17) is 0 Å². The molecule has 0 radical (unpaired) electrons. The van der Waals surface area contributed by atoms with Gasteiger partial charge in [0.05, 0.1) is 12.5 Å². The number of carboxylic acid groups (broad SMARTS) is 2. The maximum Gasteiger partial charge on any atom is 0.326 e. The zero-order valence-corrected chi connectivity index (χ0v) is 19.1. The first-order valence-electron chi connectivity index (χ1n) is 11.5. The highest BCUT2D eigenvalue weighted by Crippen LogP contribution is 2.20. The minimum absolute atomic E-state index is 0.0245. The molecule has 0 aromatic heterocycles. The summed E-state index contributed by atoms with van der Waals surface area (Å²) in [7, 11) is 0. The molecule has 1 aromatic carbocycles. The van der Waals surface area contributed by atoms with Crippen LogP contribution in [-0.2, 0) is 30.4 Å². The van der Waals surface area contributed by atoms with Crippen molar-refractivity contribution in [1.82, 2.24) is 20.9 Å². The standard InChI is InChI=1S/C23H30N4O8/c28-14-7-5-13(6-8-14)11-17(23(34)35)26-21(32)18-4-2-10-27(18)22(33)16(12-19(29)30)25-20(31)15-3-1-9-24-15/h5-8,15-18,24,28H,1-4,9-12H2,(H,25,31)(H,26,32)(H,29,30)(H,34,35). The number of phenolic OH excluding ortho intramolecular Hbond substituents is 1. The van der Waals surface area contributed by atoms with Gasteiger partial charge < -0.3 is 36.2 Å². The van der Waals surface area contributed by atoms with Gasteiger partial charge in [0.1, 0.15) is 23.9 Å². The first kappa shape index (κ1) is 25.9. The van der Waals surface area contributed by atoms with Crippen LogP contribution in [-0.4, -0.2) is 87.1 Å². The lowest BCUT2D eigenvalue weighted by molar-refractivity contribution is -0.147. The Hall–Kier alpha value is -3.67. The van der Waals surface area contributed by atoms with Crippen molar-refractivity contribution in [2.75, 3.05) is 13.1 Å². The zero-order chi connectivity index (χ0) is 25.5. The van der Waals surface area contributed by atoms with E-state index in [0.717, 1.165) is 6.42 Å². The van der Waals surface area contributed by atoms with Gasteiger partial charge >= 0.3 is 11.9 Å². The SMILES string of the molecule is O=C(O)CC(NC(=O)C1CCCN1)C(=O)N1CCCC1C(=O)NC(Cc1ccc(O)cc1)C(=O)O. The topological polar surface area (TPSA) is 185 Å². The van der Waals surface area contributed by atoms with Gasteiger partial charge in [0.2, 0.25) is 17.7 Å². The number of hydrogen-bond donors (Lipinski definition) is 6. The van der Waals surface area contributed by atoms with E-state index in [1.54, 1.807) is 12.1 Å². The van der Waals surface area contributed by atoms with E-state index >= 15 is 0 Å². The number of carboxylic acids is 2. The number of amides is 3. The van der Waals surface area contributed by atoms with E-state index in [1.165, 1.54) is 17.0 Å². The van der Waals surface area contributed by atoms with E-state index in [-0.39, 0.29) is 25.1 Å². The van der Waals surface area contributed by atoms with Crippen molar-refractivity contribution >= 4 is 29.7 Å². The molecule has 0 saturated carbocycles. The molecule has 2 aliphatic rings. The van der Waals surface area contributed by atoms with E-state index in [9.17, 15) is 39.3 Å². The van der Waals surface area contributed by atoms with Gasteiger partial charge in [-0.2, -0.15) is 0 Å². The highest BCUT2D eigenvalue weighted by Gasteiger charge is 2.40. The number of nitrogens with one attached hydrogen (secondary N) is 3. The van der Waals surface area contributed by atoms with E-state index < -0.39 is 60.2 Å². The maximum absolute atomic E-state index is 13.2. The van der Waals surface area contributed by atoms with Crippen LogP contribution in [0.3, 0.4) is 0 Å². The fourth-order valence-electron chi connectivity index (χ4n) is 4.39. The van der Waals surface area contributed by atoms with Crippen LogP contribution < -0.4 is 16.0 Å². The quantitative estimate of drug-likeness (QED) is 0.244. The Kier molecular flexibility index (Phi) is 8.63. The molecule has 2 fully saturated rings. The third kappa shape index (κ3) is 6.92. The van der Waals surface area contributed by atoms with Crippen molar-refractivity contribution in [3.63, 3.8) is 0 Å². The molecule has 12 heteroatoms. The van der Waals surface area contributed by atoms with Gasteiger partial charge in [-0.1, -0.05) is 12.1 Å². The fraction of sp³-hybridized carbons (Fsp3) is 0.522. The summed E-state index contributed by atoms with van der Waals surface area (Å²) in [5.74, 6) is -4.34.